The van der Waals surface area contributed by atoms with Crippen molar-refractivity contribution in [3.05, 3.63) is 29.8 Å². The lowest BCUT2D eigenvalue weighted by atomic mass is 9.89. The summed E-state index contributed by atoms with van der Waals surface area (Å²) in [6, 6.07) is 8.05. The molecule has 2 aliphatic rings. The van der Waals surface area contributed by atoms with Crippen LogP contribution in [0, 0.1) is 0 Å². The number of benzene rings is 1. The van der Waals surface area contributed by atoms with Crippen LogP contribution in [0.2, 0.25) is 0 Å². The first-order valence-corrected chi connectivity index (χ1v) is 7.14. The smallest absolute Gasteiger partial charge is 0.234 e. The predicted octanol–water partition coefficient (Wildman–Crippen LogP) is 1.04. The molecule has 0 aliphatic carbocycles. The predicted molar refractivity (Wildman–Crippen MR) is 83.9 cm³/mol. The highest BCUT2D eigenvalue weighted by atomic mass is 35.5. The minimum Gasteiger partial charge on any atom is -0.369 e. The zero-order valence-electron chi connectivity index (χ0n) is 11.8. The van der Waals surface area contributed by atoms with Gasteiger partial charge in [0.15, 0.2) is 0 Å². The number of anilines is 1. The number of amides is 2. The van der Waals surface area contributed by atoms with Gasteiger partial charge >= 0.3 is 0 Å². The summed E-state index contributed by atoms with van der Waals surface area (Å²) in [5.74, 6) is -0.534. The number of halogens is 1. The Kier molecular flexibility index (Phi) is 5.20. The maximum Gasteiger partial charge on any atom is 0.234 e. The molecule has 0 saturated carbocycles. The number of piperazine rings is 1. The van der Waals surface area contributed by atoms with E-state index in [2.05, 4.69) is 21.6 Å². The third kappa shape index (κ3) is 3.36. The maximum absolute atomic E-state index is 12.1. The summed E-state index contributed by atoms with van der Waals surface area (Å²) in [5.41, 5.74) is 2.17. The summed E-state index contributed by atoms with van der Waals surface area (Å²) in [6.45, 7) is 3.82. The van der Waals surface area contributed by atoms with Gasteiger partial charge in [-0.25, -0.2) is 0 Å². The largest absolute Gasteiger partial charge is 0.369 e. The molecule has 2 heterocycles. The molecule has 0 bridgehead atoms. The van der Waals surface area contributed by atoms with E-state index in [4.69, 9.17) is 0 Å². The third-order valence-corrected chi connectivity index (χ3v) is 4.01. The van der Waals surface area contributed by atoms with Crippen LogP contribution in [0.15, 0.2) is 24.3 Å². The van der Waals surface area contributed by atoms with Crippen LogP contribution < -0.4 is 15.5 Å². The molecule has 2 saturated heterocycles. The highest BCUT2D eigenvalue weighted by Crippen LogP contribution is 2.32. The molecule has 0 radical (unpaired) electrons. The Morgan fingerprint density at radius 1 is 1.10 bits per heavy atom. The van der Waals surface area contributed by atoms with Gasteiger partial charge in [-0.2, -0.15) is 0 Å². The molecule has 0 aromatic heterocycles. The summed E-state index contributed by atoms with van der Waals surface area (Å²) < 4.78 is 0. The zero-order chi connectivity index (χ0) is 13.9. The second-order valence-corrected chi connectivity index (χ2v) is 5.30. The summed E-state index contributed by atoms with van der Waals surface area (Å²) in [5, 5.41) is 5.78. The van der Waals surface area contributed by atoms with Crippen LogP contribution in [0.5, 0.6) is 0 Å². The Hall–Kier alpha value is -1.59. The molecule has 2 N–H and O–H groups in total. The van der Waals surface area contributed by atoms with Gasteiger partial charge in [-0.1, -0.05) is 18.2 Å². The fourth-order valence-corrected chi connectivity index (χ4v) is 2.97. The van der Waals surface area contributed by atoms with Gasteiger partial charge in [-0.3, -0.25) is 14.9 Å². The van der Waals surface area contributed by atoms with E-state index in [0.29, 0.717) is 12.8 Å². The van der Waals surface area contributed by atoms with Gasteiger partial charge in [0.2, 0.25) is 11.8 Å². The molecule has 6 heteroatoms. The Labute approximate surface area is 130 Å². The minimum atomic E-state index is -0.209. The second kappa shape index (κ2) is 6.91. The van der Waals surface area contributed by atoms with Crippen molar-refractivity contribution in [2.75, 3.05) is 31.1 Å². The third-order valence-electron chi connectivity index (χ3n) is 4.01. The molecule has 3 rings (SSSR count). The molecule has 2 amide bonds. The molecular weight excluding hydrogens is 290 g/mol. The van der Waals surface area contributed by atoms with E-state index in [1.54, 1.807) is 0 Å². The summed E-state index contributed by atoms with van der Waals surface area (Å²) in [6.07, 6.45) is 1.03. The standard InChI is InChI=1S/C15H19N3O2.ClH/c19-14-6-5-12(15(20)17-14)11-3-1-2-4-13(11)18-9-7-16-8-10-18;/h1-4,12,16H,5-10H2,(H,17,19,20);1H. The van der Waals surface area contributed by atoms with E-state index in [9.17, 15) is 9.59 Å². The molecule has 0 spiro atoms. The van der Waals surface area contributed by atoms with Crippen molar-refractivity contribution in [3.63, 3.8) is 0 Å². The number of nitrogens with one attached hydrogen (secondary N) is 2. The number of hydrogen-bond donors (Lipinski definition) is 2. The van der Waals surface area contributed by atoms with Crippen molar-refractivity contribution in [2.45, 2.75) is 18.8 Å². The maximum atomic E-state index is 12.1. The van der Waals surface area contributed by atoms with Crippen LogP contribution in [0.25, 0.3) is 0 Å². The van der Waals surface area contributed by atoms with E-state index in [1.807, 2.05) is 18.2 Å². The Balaban J connectivity index is 0.00000161. The van der Waals surface area contributed by atoms with Gasteiger partial charge in [-0.05, 0) is 18.1 Å². The van der Waals surface area contributed by atoms with Crippen molar-refractivity contribution < 1.29 is 9.59 Å². The highest BCUT2D eigenvalue weighted by molar-refractivity contribution is 6.01. The van der Waals surface area contributed by atoms with Gasteiger partial charge in [0.05, 0.1) is 5.92 Å². The van der Waals surface area contributed by atoms with E-state index in [1.165, 1.54) is 0 Å². The van der Waals surface area contributed by atoms with Crippen LogP contribution >= 0.6 is 12.4 Å². The fraction of sp³-hybridized carbons (Fsp3) is 0.467. The molecule has 1 atom stereocenters. The van der Waals surface area contributed by atoms with Gasteiger partial charge in [0.1, 0.15) is 0 Å². The topological polar surface area (TPSA) is 61.4 Å². The number of piperidine rings is 1. The molecule has 114 valence electrons. The number of hydrogen-bond acceptors (Lipinski definition) is 4. The number of nitrogens with zero attached hydrogens (tertiary/aromatic N) is 1. The quantitative estimate of drug-likeness (QED) is 0.801. The SMILES string of the molecule is Cl.O=C1CCC(c2ccccc2N2CCNCC2)C(=O)N1. The van der Waals surface area contributed by atoms with Crippen molar-refractivity contribution >= 4 is 29.9 Å². The number of para-hydroxylation sites is 1. The van der Waals surface area contributed by atoms with Crippen LogP contribution in [-0.2, 0) is 9.59 Å². The van der Waals surface area contributed by atoms with E-state index >= 15 is 0 Å². The van der Waals surface area contributed by atoms with Crippen LogP contribution in [0.1, 0.15) is 24.3 Å². The van der Waals surface area contributed by atoms with E-state index in [-0.39, 0.29) is 30.1 Å². The molecule has 1 aromatic rings. The summed E-state index contributed by atoms with van der Waals surface area (Å²) in [4.78, 5) is 25.7. The van der Waals surface area contributed by atoms with Crippen molar-refractivity contribution in [2.24, 2.45) is 0 Å². The van der Waals surface area contributed by atoms with Crippen LogP contribution in [-0.4, -0.2) is 38.0 Å². The first-order valence-electron chi connectivity index (χ1n) is 7.14. The molecule has 2 fully saturated rings. The minimum absolute atomic E-state index is 0. The fourth-order valence-electron chi connectivity index (χ4n) is 2.97. The van der Waals surface area contributed by atoms with Gasteiger partial charge in [-0.15, -0.1) is 12.4 Å². The number of carbonyl (C=O) groups is 2. The van der Waals surface area contributed by atoms with E-state index < -0.39 is 0 Å². The number of imide groups is 1. The molecule has 2 aliphatic heterocycles. The first-order chi connectivity index (χ1) is 9.75. The molecule has 1 unspecified atom stereocenters. The Bertz CT molecular complexity index is 529. The Morgan fingerprint density at radius 3 is 2.52 bits per heavy atom. The number of carbonyl (C=O) groups excluding carboxylic acids is 2. The average molecular weight is 310 g/mol. The van der Waals surface area contributed by atoms with Crippen molar-refractivity contribution in [1.29, 1.82) is 0 Å². The van der Waals surface area contributed by atoms with Crippen molar-refractivity contribution in [1.82, 2.24) is 10.6 Å². The second-order valence-electron chi connectivity index (χ2n) is 5.30. The molecular formula is C15H20ClN3O2. The Morgan fingerprint density at radius 2 is 1.81 bits per heavy atom. The molecule has 5 nitrogen and oxygen atoms in total. The lowest BCUT2D eigenvalue weighted by molar-refractivity contribution is -0.134. The number of rotatable bonds is 2. The summed E-state index contributed by atoms with van der Waals surface area (Å²) in [7, 11) is 0. The highest BCUT2D eigenvalue weighted by Gasteiger charge is 2.30. The lowest BCUT2D eigenvalue weighted by Crippen LogP contribution is -2.45. The molecule has 21 heavy (non-hydrogen) atoms. The normalized spacial score (nSPS) is 22.5. The zero-order valence-corrected chi connectivity index (χ0v) is 12.6. The monoisotopic (exact) mass is 309 g/mol. The molecule has 1 aromatic carbocycles. The van der Waals surface area contributed by atoms with E-state index in [0.717, 1.165) is 37.4 Å². The lowest BCUT2D eigenvalue weighted by Gasteiger charge is -2.33. The van der Waals surface area contributed by atoms with Gasteiger partial charge in [0, 0.05) is 38.3 Å². The van der Waals surface area contributed by atoms with Gasteiger partial charge < -0.3 is 10.2 Å². The van der Waals surface area contributed by atoms with Crippen molar-refractivity contribution in [3.8, 4) is 0 Å². The van der Waals surface area contributed by atoms with Gasteiger partial charge in [0.25, 0.3) is 0 Å². The first kappa shape index (κ1) is 15.8. The van der Waals surface area contributed by atoms with Crippen LogP contribution in [0.4, 0.5) is 5.69 Å². The summed E-state index contributed by atoms with van der Waals surface area (Å²) >= 11 is 0. The average Bonchev–Trinajstić information content (AvgIpc) is 2.48. The van der Waals surface area contributed by atoms with Crippen LogP contribution in [0.3, 0.4) is 0 Å².